The number of nitrogens with one attached hydrogen (secondary N) is 1. The fourth-order valence-electron chi connectivity index (χ4n) is 1.45. The quantitative estimate of drug-likeness (QED) is 0.885. The Balaban J connectivity index is 2.03. The van der Waals surface area contributed by atoms with Gasteiger partial charge in [0.05, 0.1) is 23.8 Å². The molecule has 0 saturated carbocycles. The monoisotopic (exact) mass is 249 g/mol. The Morgan fingerprint density at radius 2 is 2.29 bits per heavy atom. The van der Waals surface area contributed by atoms with Gasteiger partial charge in [-0.15, -0.1) is 11.3 Å². The number of nitrogens with zero attached hydrogens (tertiary/aromatic N) is 2. The number of thiazole rings is 1. The van der Waals surface area contributed by atoms with E-state index in [-0.39, 0.29) is 0 Å². The second kappa shape index (κ2) is 5.63. The minimum atomic E-state index is 0.616. The van der Waals surface area contributed by atoms with Crippen molar-refractivity contribution in [2.24, 2.45) is 0 Å². The van der Waals surface area contributed by atoms with Crippen molar-refractivity contribution in [3.63, 3.8) is 0 Å². The minimum absolute atomic E-state index is 0.616. The maximum atomic E-state index is 5.44. The molecular weight excluding hydrogens is 234 g/mol. The molecule has 0 amide bonds. The van der Waals surface area contributed by atoms with Gasteiger partial charge in [0.15, 0.2) is 0 Å². The van der Waals surface area contributed by atoms with Gasteiger partial charge in [-0.05, 0) is 26.0 Å². The van der Waals surface area contributed by atoms with Crippen molar-refractivity contribution in [1.82, 2.24) is 9.97 Å². The molecule has 0 aliphatic rings. The number of anilines is 1. The van der Waals surface area contributed by atoms with Gasteiger partial charge in [-0.1, -0.05) is 0 Å². The fourth-order valence-corrected chi connectivity index (χ4v) is 2.18. The van der Waals surface area contributed by atoms with E-state index in [0.29, 0.717) is 12.5 Å². The van der Waals surface area contributed by atoms with Crippen LogP contribution >= 0.6 is 11.3 Å². The van der Waals surface area contributed by atoms with Crippen LogP contribution in [0.1, 0.15) is 16.8 Å². The SMILES string of the molecule is CCOc1ncccc1NCc1cnc(C)s1. The predicted molar refractivity (Wildman–Crippen MR) is 69.6 cm³/mol. The number of ether oxygens (including phenoxy) is 1. The first-order valence-corrected chi connectivity index (χ1v) is 6.34. The molecule has 0 saturated heterocycles. The van der Waals surface area contributed by atoms with E-state index in [0.717, 1.165) is 17.2 Å². The molecule has 0 aliphatic carbocycles. The van der Waals surface area contributed by atoms with Gasteiger partial charge in [-0.25, -0.2) is 9.97 Å². The molecule has 2 rings (SSSR count). The highest BCUT2D eigenvalue weighted by Gasteiger charge is 2.04. The topological polar surface area (TPSA) is 47.0 Å². The number of pyridine rings is 1. The van der Waals surface area contributed by atoms with Crippen LogP contribution < -0.4 is 10.1 Å². The third kappa shape index (κ3) is 3.17. The predicted octanol–water partition coefficient (Wildman–Crippen LogP) is 2.86. The summed E-state index contributed by atoms with van der Waals surface area (Å²) in [5.41, 5.74) is 0.917. The summed E-state index contributed by atoms with van der Waals surface area (Å²) in [7, 11) is 0. The Hall–Kier alpha value is -1.62. The molecule has 0 spiro atoms. The van der Waals surface area contributed by atoms with Gasteiger partial charge in [0, 0.05) is 17.3 Å². The summed E-state index contributed by atoms with van der Waals surface area (Å²) in [4.78, 5) is 9.61. The smallest absolute Gasteiger partial charge is 0.237 e. The van der Waals surface area contributed by atoms with Gasteiger partial charge in [-0.3, -0.25) is 0 Å². The van der Waals surface area contributed by atoms with E-state index in [1.165, 1.54) is 4.88 Å². The molecular formula is C12H15N3OS. The number of aromatic nitrogens is 2. The van der Waals surface area contributed by atoms with E-state index in [1.807, 2.05) is 32.2 Å². The molecule has 0 bridgehead atoms. The summed E-state index contributed by atoms with van der Waals surface area (Å²) < 4.78 is 5.44. The second-order valence-electron chi connectivity index (χ2n) is 3.49. The van der Waals surface area contributed by atoms with Crippen LogP contribution in [0, 0.1) is 6.92 Å². The van der Waals surface area contributed by atoms with Gasteiger partial charge in [-0.2, -0.15) is 0 Å². The number of aryl methyl sites for hydroxylation is 1. The van der Waals surface area contributed by atoms with Crippen LogP contribution in [-0.4, -0.2) is 16.6 Å². The molecule has 90 valence electrons. The zero-order valence-corrected chi connectivity index (χ0v) is 10.8. The molecule has 4 nitrogen and oxygen atoms in total. The highest BCUT2D eigenvalue weighted by atomic mass is 32.1. The Labute approximate surface area is 105 Å². The summed E-state index contributed by atoms with van der Waals surface area (Å²) in [5.74, 6) is 0.649. The first-order chi connectivity index (χ1) is 8.29. The van der Waals surface area contributed by atoms with Crippen molar-refractivity contribution in [3.05, 3.63) is 34.4 Å². The van der Waals surface area contributed by atoms with Crippen molar-refractivity contribution in [3.8, 4) is 5.88 Å². The van der Waals surface area contributed by atoms with Gasteiger partial charge in [0.25, 0.3) is 0 Å². The third-order valence-electron chi connectivity index (χ3n) is 2.17. The lowest BCUT2D eigenvalue weighted by Crippen LogP contribution is -2.02. The van der Waals surface area contributed by atoms with E-state index in [2.05, 4.69) is 15.3 Å². The Morgan fingerprint density at radius 3 is 3.00 bits per heavy atom. The molecule has 1 N–H and O–H groups in total. The molecule has 2 heterocycles. The second-order valence-corrected chi connectivity index (χ2v) is 4.81. The maximum absolute atomic E-state index is 5.44. The summed E-state index contributed by atoms with van der Waals surface area (Å²) in [6.07, 6.45) is 3.62. The van der Waals surface area contributed by atoms with Crippen molar-refractivity contribution in [2.45, 2.75) is 20.4 Å². The van der Waals surface area contributed by atoms with Crippen LogP contribution in [-0.2, 0) is 6.54 Å². The van der Waals surface area contributed by atoms with Crippen LogP contribution in [0.4, 0.5) is 5.69 Å². The number of hydrogen-bond acceptors (Lipinski definition) is 5. The average molecular weight is 249 g/mol. The number of hydrogen-bond donors (Lipinski definition) is 1. The van der Waals surface area contributed by atoms with E-state index in [1.54, 1.807) is 17.5 Å². The normalized spacial score (nSPS) is 10.2. The molecule has 0 aliphatic heterocycles. The molecule has 0 fully saturated rings. The largest absolute Gasteiger partial charge is 0.476 e. The van der Waals surface area contributed by atoms with Crippen molar-refractivity contribution >= 4 is 17.0 Å². The van der Waals surface area contributed by atoms with Gasteiger partial charge in [0.2, 0.25) is 5.88 Å². The lowest BCUT2D eigenvalue weighted by atomic mass is 10.4. The molecule has 5 heteroatoms. The number of rotatable bonds is 5. The van der Waals surface area contributed by atoms with Gasteiger partial charge in [0.1, 0.15) is 0 Å². The van der Waals surface area contributed by atoms with Crippen molar-refractivity contribution < 1.29 is 4.74 Å². The Bertz CT molecular complexity index is 484. The van der Waals surface area contributed by atoms with Crippen LogP contribution in [0.2, 0.25) is 0 Å². The van der Waals surface area contributed by atoms with E-state index in [4.69, 9.17) is 4.74 Å². The van der Waals surface area contributed by atoms with Gasteiger partial charge >= 0.3 is 0 Å². The maximum Gasteiger partial charge on any atom is 0.237 e. The molecule has 0 unspecified atom stereocenters. The average Bonchev–Trinajstić information content (AvgIpc) is 2.74. The zero-order chi connectivity index (χ0) is 12.1. The highest BCUT2D eigenvalue weighted by molar-refractivity contribution is 7.11. The third-order valence-corrected chi connectivity index (χ3v) is 3.09. The van der Waals surface area contributed by atoms with E-state index in [9.17, 15) is 0 Å². The van der Waals surface area contributed by atoms with Crippen molar-refractivity contribution in [2.75, 3.05) is 11.9 Å². The molecule has 17 heavy (non-hydrogen) atoms. The first-order valence-electron chi connectivity index (χ1n) is 5.52. The fraction of sp³-hybridized carbons (Fsp3) is 0.333. The lowest BCUT2D eigenvalue weighted by Gasteiger charge is -2.09. The summed E-state index contributed by atoms with van der Waals surface area (Å²) in [6, 6.07) is 3.86. The molecule has 2 aromatic heterocycles. The van der Waals surface area contributed by atoms with Crippen molar-refractivity contribution in [1.29, 1.82) is 0 Å². The van der Waals surface area contributed by atoms with Gasteiger partial charge < -0.3 is 10.1 Å². The molecule has 0 atom stereocenters. The Kier molecular flexibility index (Phi) is 3.93. The summed E-state index contributed by atoms with van der Waals surface area (Å²) in [5, 5.41) is 4.39. The van der Waals surface area contributed by atoms with Crippen LogP contribution in [0.25, 0.3) is 0 Å². The summed E-state index contributed by atoms with van der Waals surface area (Å²) in [6.45, 7) is 5.32. The zero-order valence-electron chi connectivity index (χ0n) is 9.93. The molecule has 0 radical (unpaired) electrons. The van der Waals surface area contributed by atoms with E-state index >= 15 is 0 Å². The standard InChI is InChI=1S/C12H15N3OS/c1-3-16-12-11(5-4-6-13-12)15-8-10-7-14-9(2)17-10/h4-7,15H,3,8H2,1-2H3. The van der Waals surface area contributed by atoms with E-state index < -0.39 is 0 Å². The first kappa shape index (κ1) is 11.9. The molecule has 0 aromatic carbocycles. The highest BCUT2D eigenvalue weighted by Crippen LogP contribution is 2.22. The summed E-state index contributed by atoms with van der Waals surface area (Å²) >= 11 is 1.69. The van der Waals surface area contributed by atoms with Crippen LogP contribution in [0.3, 0.4) is 0 Å². The van der Waals surface area contributed by atoms with Crippen LogP contribution in [0.15, 0.2) is 24.5 Å². The van der Waals surface area contributed by atoms with Crippen LogP contribution in [0.5, 0.6) is 5.88 Å². The lowest BCUT2D eigenvalue weighted by molar-refractivity contribution is 0.328. The molecule has 2 aromatic rings. The Morgan fingerprint density at radius 1 is 1.41 bits per heavy atom. The minimum Gasteiger partial charge on any atom is -0.476 e.